The van der Waals surface area contributed by atoms with Gasteiger partial charge in [-0.1, -0.05) is 42.5 Å². The number of alkyl halides is 3. The summed E-state index contributed by atoms with van der Waals surface area (Å²) in [4.78, 5) is 27.2. The highest BCUT2D eigenvalue weighted by atomic mass is 19.4. The second-order valence-electron chi connectivity index (χ2n) is 8.34. The van der Waals surface area contributed by atoms with Crippen molar-refractivity contribution >= 4 is 11.9 Å². The molecule has 2 saturated heterocycles. The molecule has 0 saturated carbocycles. The Kier molecular flexibility index (Phi) is 6.03. The molecular formula is C24H24F3NO3. The molecule has 0 aliphatic carbocycles. The Hall–Kier alpha value is -2.83. The number of hydrogen-bond donors (Lipinski definition) is 0. The normalized spacial score (nSPS) is 22.9. The summed E-state index contributed by atoms with van der Waals surface area (Å²) in [5.74, 6) is -0.160. The van der Waals surface area contributed by atoms with Gasteiger partial charge in [0.2, 0.25) is 0 Å². The second-order valence-corrected chi connectivity index (χ2v) is 8.34. The van der Waals surface area contributed by atoms with Gasteiger partial charge in [0.25, 0.3) is 0 Å². The standard InChI is InChI=1S/C24H24F3NO3/c25-24(26,27)19-8-6-16(7-9-19)12-22(29)18-13-20-10-11-21(14-18)28(20)23(30)31-15-17-4-2-1-3-5-17/h1-9,18,20-21H,10-15H2. The third-order valence-corrected chi connectivity index (χ3v) is 6.26. The molecule has 4 nitrogen and oxygen atoms in total. The van der Waals surface area contributed by atoms with Crippen molar-refractivity contribution in [2.75, 3.05) is 0 Å². The molecule has 2 unspecified atom stereocenters. The third-order valence-electron chi connectivity index (χ3n) is 6.26. The number of ether oxygens (including phenoxy) is 1. The molecule has 2 aliphatic heterocycles. The first-order valence-corrected chi connectivity index (χ1v) is 10.5. The quantitative estimate of drug-likeness (QED) is 0.637. The lowest BCUT2D eigenvalue weighted by Gasteiger charge is -2.37. The lowest BCUT2D eigenvalue weighted by Crippen LogP contribution is -2.48. The summed E-state index contributed by atoms with van der Waals surface area (Å²) in [6.45, 7) is 0.214. The molecule has 4 rings (SSSR count). The molecule has 2 bridgehead atoms. The van der Waals surface area contributed by atoms with Crippen molar-refractivity contribution in [2.45, 2.75) is 57.0 Å². The summed E-state index contributed by atoms with van der Waals surface area (Å²) in [5.41, 5.74) is 0.781. The van der Waals surface area contributed by atoms with E-state index in [9.17, 15) is 22.8 Å². The average molecular weight is 431 g/mol. The van der Waals surface area contributed by atoms with Crippen LogP contribution in [0, 0.1) is 5.92 Å². The van der Waals surface area contributed by atoms with Crippen LogP contribution in [0.1, 0.15) is 42.4 Å². The first kappa shape index (κ1) is 21.4. The minimum absolute atomic E-state index is 0.0222. The Balaban J connectivity index is 1.33. The number of piperidine rings is 1. The van der Waals surface area contributed by atoms with Gasteiger partial charge >= 0.3 is 12.3 Å². The van der Waals surface area contributed by atoms with E-state index in [4.69, 9.17) is 4.74 Å². The predicted octanol–water partition coefficient (Wildman–Crippen LogP) is 5.40. The minimum atomic E-state index is -4.39. The SMILES string of the molecule is O=C(Cc1ccc(C(F)(F)F)cc1)C1CC2CCC(C1)N2C(=O)OCc1ccccc1. The van der Waals surface area contributed by atoms with Crippen LogP contribution >= 0.6 is 0 Å². The number of ketones is 1. The summed E-state index contributed by atoms with van der Waals surface area (Å²) >= 11 is 0. The zero-order chi connectivity index (χ0) is 22.0. The molecule has 2 fully saturated rings. The van der Waals surface area contributed by atoms with E-state index in [1.807, 2.05) is 30.3 Å². The van der Waals surface area contributed by atoms with Crippen LogP contribution in [-0.2, 0) is 28.7 Å². The van der Waals surface area contributed by atoms with Crippen molar-refractivity contribution in [1.82, 2.24) is 4.90 Å². The van der Waals surface area contributed by atoms with E-state index in [0.717, 1.165) is 30.5 Å². The van der Waals surface area contributed by atoms with Crippen molar-refractivity contribution in [3.8, 4) is 0 Å². The van der Waals surface area contributed by atoms with E-state index in [0.29, 0.717) is 18.4 Å². The highest BCUT2D eigenvalue weighted by molar-refractivity contribution is 5.84. The predicted molar refractivity (Wildman–Crippen MR) is 108 cm³/mol. The van der Waals surface area contributed by atoms with Crippen LogP contribution in [0.15, 0.2) is 54.6 Å². The van der Waals surface area contributed by atoms with Gasteiger partial charge < -0.3 is 9.64 Å². The van der Waals surface area contributed by atoms with Crippen molar-refractivity contribution in [3.63, 3.8) is 0 Å². The number of carbonyl (C=O) groups excluding carboxylic acids is 2. The van der Waals surface area contributed by atoms with Crippen LogP contribution in [0.3, 0.4) is 0 Å². The zero-order valence-corrected chi connectivity index (χ0v) is 17.0. The molecule has 2 atom stereocenters. The lowest BCUT2D eigenvalue weighted by atomic mass is 9.85. The smallest absolute Gasteiger partial charge is 0.416 e. The third kappa shape index (κ3) is 4.92. The van der Waals surface area contributed by atoms with E-state index >= 15 is 0 Å². The van der Waals surface area contributed by atoms with E-state index in [2.05, 4.69) is 0 Å². The molecule has 2 aromatic rings. The van der Waals surface area contributed by atoms with Gasteiger partial charge in [-0.2, -0.15) is 13.2 Å². The molecule has 0 N–H and O–H groups in total. The number of Topliss-reactive ketones (excluding diaryl/α,β-unsaturated/α-hetero) is 1. The molecule has 2 aromatic carbocycles. The number of carbonyl (C=O) groups is 2. The highest BCUT2D eigenvalue weighted by Crippen LogP contribution is 2.40. The van der Waals surface area contributed by atoms with E-state index in [1.165, 1.54) is 12.1 Å². The summed E-state index contributed by atoms with van der Waals surface area (Å²) in [7, 11) is 0. The number of benzene rings is 2. The summed E-state index contributed by atoms with van der Waals surface area (Å²) in [6.07, 6.45) is -1.77. The van der Waals surface area contributed by atoms with Crippen molar-refractivity contribution in [3.05, 3.63) is 71.3 Å². The van der Waals surface area contributed by atoms with Crippen molar-refractivity contribution < 1.29 is 27.5 Å². The van der Waals surface area contributed by atoms with Gasteiger partial charge in [-0.3, -0.25) is 4.79 Å². The molecule has 0 aromatic heterocycles. The van der Waals surface area contributed by atoms with Crippen LogP contribution in [-0.4, -0.2) is 28.9 Å². The molecule has 164 valence electrons. The van der Waals surface area contributed by atoms with Gasteiger partial charge in [0.1, 0.15) is 12.4 Å². The molecule has 31 heavy (non-hydrogen) atoms. The topological polar surface area (TPSA) is 46.6 Å². The van der Waals surface area contributed by atoms with Crippen LogP contribution in [0.4, 0.5) is 18.0 Å². The zero-order valence-electron chi connectivity index (χ0n) is 17.0. The Morgan fingerprint density at radius 3 is 2.10 bits per heavy atom. The van der Waals surface area contributed by atoms with Crippen molar-refractivity contribution in [2.24, 2.45) is 5.92 Å². The number of nitrogens with zero attached hydrogens (tertiary/aromatic N) is 1. The Labute approximate surface area is 179 Å². The number of halogens is 3. The maximum absolute atomic E-state index is 12.8. The molecule has 0 spiro atoms. The number of rotatable bonds is 5. The average Bonchev–Trinajstić information content (AvgIpc) is 3.02. The maximum atomic E-state index is 12.8. The lowest BCUT2D eigenvalue weighted by molar-refractivity contribution is -0.137. The van der Waals surface area contributed by atoms with Crippen LogP contribution < -0.4 is 0 Å². The monoisotopic (exact) mass is 431 g/mol. The first-order chi connectivity index (χ1) is 14.8. The fourth-order valence-electron chi connectivity index (χ4n) is 4.69. The van der Waals surface area contributed by atoms with Crippen LogP contribution in [0.25, 0.3) is 0 Å². The molecule has 0 radical (unpaired) electrons. The molecule has 2 aliphatic rings. The van der Waals surface area contributed by atoms with Gasteiger partial charge in [0, 0.05) is 24.4 Å². The molecular weight excluding hydrogens is 407 g/mol. The fraction of sp³-hybridized carbons (Fsp3) is 0.417. The Morgan fingerprint density at radius 1 is 0.903 bits per heavy atom. The number of hydrogen-bond acceptors (Lipinski definition) is 3. The van der Waals surface area contributed by atoms with Gasteiger partial charge in [0.05, 0.1) is 5.56 Å². The van der Waals surface area contributed by atoms with Gasteiger partial charge in [-0.25, -0.2) is 4.79 Å². The van der Waals surface area contributed by atoms with E-state index < -0.39 is 11.7 Å². The second kappa shape index (κ2) is 8.73. The molecule has 2 heterocycles. The van der Waals surface area contributed by atoms with Gasteiger partial charge in [-0.15, -0.1) is 0 Å². The molecule has 1 amide bonds. The fourth-order valence-corrected chi connectivity index (χ4v) is 4.69. The largest absolute Gasteiger partial charge is 0.445 e. The minimum Gasteiger partial charge on any atom is -0.445 e. The summed E-state index contributed by atoms with van der Waals surface area (Å²) in [6, 6.07) is 14.2. The number of amides is 1. The summed E-state index contributed by atoms with van der Waals surface area (Å²) in [5, 5.41) is 0. The van der Waals surface area contributed by atoms with E-state index in [-0.39, 0.29) is 42.9 Å². The maximum Gasteiger partial charge on any atom is 0.416 e. The van der Waals surface area contributed by atoms with Crippen LogP contribution in [0.5, 0.6) is 0 Å². The molecule has 7 heteroatoms. The van der Waals surface area contributed by atoms with Gasteiger partial charge in [0.15, 0.2) is 0 Å². The van der Waals surface area contributed by atoms with Crippen molar-refractivity contribution in [1.29, 1.82) is 0 Å². The Morgan fingerprint density at radius 2 is 1.52 bits per heavy atom. The first-order valence-electron chi connectivity index (χ1n) is 10.5. The van der Waals surface area contributed by atoms with Crippen LogP contribution in [0.2, 0.25) is 0 Å². The van der Waals surface area contributed by atoms with Gasteiger partial charge in [-0.05, 0) is 48.9 Å². The highest BCUT2D eigenvalue weighted by Gasteiger charge is 2.45. The summed E-state index contributed by atoms with van der Waals surface area (Å²) < 4.78 is 43.6. The van der Waals surface area contributed by atoms with E-state index in [1.54, 1.807) is 4.90 Å². The number of fused-ring (bicyclic) bond motifs is 2. The Bertz CT molecular complexity index is 913.